The van der Waals surface area contributed by atoms with E-state index in [9.17, 15) is 13.9 Å². The Kier molecular flexibility index (Phi) is 4.50. The average Bonchev–Trinajstić information content (AvgIpc) is 2.33. The van der Waals surface area contributed by atoms with Gasteiger partial charge in [0.2, 0.25) is 0 Å². The number of halogens is 4. The van der Waals surface area contributed by atoms with Crippen LogP contribution in [0.1, 0.15) is 18.5 Å². The van der Waals surface area contributed by atoms with Gasteiger partial charge in [0.1, 0.15) is 17.4 Å². The zero-order valence-corrected chi connectivity index (χ0v) is 12.8. The lowest BCUT2D eigenvalue weighted by Gasteiger charge is -2.18. The molecule has 106 valence electrons. The molecule has 0 fully saturated rings. The molecule has 0 aromatic heterocycles. The van der Waals surface area contributed by atoms with Crippen LogP contribution in [-0.4, -0.2) is 5.11 Å². The van der Waals surface area contributed by atoms with E-state index in [0.29, 0.717) is 15.7 Å². The molecule has 2 aromatic rings. The van der Waals surface area contributed by atoms with Crippen molar-refractivity contribution in [2.75, 3.05) is 5.32 Å². The van der Waals surface area contributed by atoms with Gasteiger partial charge in [-0.05, 0) is 41.1 Å². The number of phenols is 1. The van der Waals surface area contributed by atoms with Gasteiger partial charge in [-0.2, -0.15) is 0 Å². The van der Waals surface area contributed by atoms with Crippen molar-refractivity contribution in [3.8, 4) is 5.75 Å². The molecule has 0 aliphatic heterocycles. The Bertz CT molecular complexity index is 628. The van der Waals surface area contributed by atoms with Crippen molar-refractivity contribution in [2.45, 2.75) is 13.0 Å². The van der Waals surface area contributed by atoms with E-state index in [4.69, 9.17) is 11.6 Å². The summed E-state index contributed by atoms with van der Waals surface area (Å²) in [6, 6.07) is 5.96. The highest BCUT2D eigenvalue weighted by Crippen LogP contribution is 2.35. The Balaban J connectivity index is 2.30. The fourth-order valence-electron chi connectivity index (χ4n) is 1.84. The third kappa shape index (κ3) is 3.22. The van der Waals surface area contributed by atoms with Crippen LogP contribution >= 0.6 is 27.5 Å². The molecule has 6 heteroatoms. The van der Waals surface area contributed by atoms with Crippen LogP contribution in [0.25, 0.3) is 0 Å². The van der Waals surface area contributed by atoms with Gasteiger partial charge in [0.05, 0.1) is 16.8 Å². The second-order valence-corrected chi connectivity index (χ2v) is 5.58. The van der Waals surface area contributed by atoms with Gasteiger partial charge in [-0.1, -0.05) is 17.7 Å². The topological polar surface area (TPSA) is 32.3 Å². The molecule has 2 nitrogen and oxygen atoms in total. The molecule has 2 rings (SSSR count). The van der Waals surface area contributed by atoms with Gasteiger partial charge in [0.25, 0.3) is 0 Å². The second-order valence-electron chi connectivity index (χ2n) is 4.32. The highest BCUT2D eigenvalue weighted by Gasteiger charge is 2.15. The molecule has 0 aliphatic carbocycles. The van der Waals surface area contributed by atoms with Crippen LogP contribution in [0.4, 0.5) is 14.5 Å². The van der Waals surface area contributed by atoms with Crippen LogP contribution in [0.5, 0.6) is 5.75 Å². The standard InChI is InChI=1S/C14H11BrClF2NO/c1-7(10-3-2-9(20)6-13(10)18)19-14-11(15)4-8(17)5-12(14)16/h2-7,19-20H,1H3. The SMILES string of the molecule is CC(Nc1c(Cl)cc(F)cc1Br)c1ccc(O)cc1F. The maximum absolute atomic E-state index is 13.8. The first-order valence-electron chi connectivity index (χ1n) is 5.78. The fourth-order valence-corrected chi connectivity index (χ4v) is 2.76. The molecule has 0 aliphatic rings. The number of hydrogen-bond acceptors (Lipinski definition) is 2. The Morgan fingerprint density at radius 2 is 1.95 bits per heavy atom. The van der Waals surface area contributed by atoms with Gasteiger partial charge in [-0.15, -0.1) is 0 Å². The molecule has 0 saturated carbocycles. The summed E-state index contributed by atoms with van der Waals surface area (Å²) in [7, 11) is 0. The van der Waals surface area contributed by atoms with Crippen LogP contribution < -0.4 is 5.32 Å². The lowest BCUT2D eigenvalue weighted by molar-refractivity contribution is 0.467. The van der Waals surface area contributed by atoms with Gasteiger partial charge in [-0.3, -0.25) is 0 Å². The number of phenolic OH excluding ortho intramolecular Hbond substituents is 1. The molecule has 1 atom stereocenters. The maximum atomic E-state index is 13.8. The molecule has 2 aromatic carbocycles. The van der Waals surface area contributed by atoms with E-state index in [0.717, 1.165) is 6.07 Å². The molecular weight excluding hydrogens is 352 g/mol. The number of anilines is 1. The number of nitrogens with one attached hydrogen (secondary N) is 1. The first-order valence-corrected chi connectivity index (χ1v) is 6.95. The number of hydrogen-bond donors (Lipinski definition) is 2. The monoisotopic (exact) mass is 361 g/mol. The normalized spacial score (nSPS) is 12.2. The summed E-state index contributed by atoms with van der Waals surface area (Å²) >= 11 is 9.17. The van der Waals surface area contributed by atoms with Gasteiger partial charge in [0.15, 0.2) is 0 Å². The minimum absolute atomic E-state index is 0.139. The van der Waals surface area contributed by atoms with Crippen molar-refractivity contribution >= 4 is 33.2 Å². The number of aromatic hydroxyl groups is 1. The molecule has 0 bridgehead atoms. The maximum Gasteiger partial charge on any atom is 0.132 e. The number of rotatable bonds is 3. The summed E-state index contributed by atoms with van der Waals surface area (Å²) in [5.41, 5.74) is 0.850. The van der Waals surface area contributed by atoms with Crippen LogP contribution in [0.2, 0.25) is 5.02 Å². The predicted molar refractivity (Wildman–Crippen MR) is 79.2 cm³/mol. The fraction of sp³-hybridized carbons (Fsp3) is 0.143. The summed E-state index contributed by atoms with van der Waals surface area (Å²) in [6.45, 7) is 1.74. The molecule has 0 radical (unpaired) electrons. The first-order chi connectivity index (χ1) is 9.38. The van der Waals surface area contributed by atoms with Crippen LogP contribution in [0.3, 0.4) is 0 Å². The van der Waals surface area contributed by atoms with Gasteiger partial charge < -0.3 is 10.4 Å². The summed E-state index contributed by atoms with van der Waals surface area (Å²) < 4.78 is 27.4. The first kappa shape index (κ1) is 15.1. The van der Waals surface area contributed by atoms with Gasteiger partial charge in [-0.25, -0.2) is 8.78 Å². The van der Waals surface area contributed by atoms with E-state index in [1.165, 1.54) is 24.3 Å². The quantitative estimate of drug-likeness (QED) is 0.780. The Morgan fingerprint density at radius 3 is 2.55 bits per heavy atom. The second kappa shape index (κ2) is 5.97. The third-order valence-electron chi connectivity index (χ3n) is 2.82. The van der Waals surface area contributed by atoms with E-state index in [2.05, 4.69) is 21.2 Å². The van der Waals surface area contributed by atoms with E-state index < -0.39 is 17.7 Å². The Morgan fingerprint density at radius 1 is 1.25 bits per heavy atom. The summed E-state index contributed by atoms with van der Waals surface area (Å²) in [4.78, 5) is 0. The number of benzene rings is 2. The van der Waals surface area contributed by atoms with Gasteiger partial charge in [0, 0.05) is 16.1 Å². The zero-order valence-electron chi connectivity index (χ0n) is 10.4. The van der Waals surface area contributed by atoms with E-state index in [1.807, 2.05) is 0 Å². The molecule has 0 heterocycles. The molecule has 0 amide bonds. The van der Waals surface area contributed by atoms with Crippen molar-refractivity contribution < 1.29 is 13.9 Å². The highest BCUT2D eigenvalue weighted by atomic mass is 79.9. The molecular formula is C14H11BrClF2NO. The van der Waals surface area contributed by atoms with Gasteiger partial charge >= 0.3 is 0 Å². The van der Waals surface area contributed by atoms with Crippen molar-refractivity contribution in [1.29, 1.82) is 0 Å². The molecule has 20 heavy (non-hydrogen) atoms. The zero-order chi connectivity index (χ0) is 14.9. The lowest BCUT2D eigenvalue weighted by Crippen LogP contribution is -2.09. The van der Waals surface area contributed by atoms with Crippen LogP contribution in [0.15, 0.2) is 34.8 Å². The Labute approximate surface area is 128 Å². The van der Waals surface area contributed by atoms with E-state index in [1.54, 1.807) is 6.92 Å². The van der Waals surface area contributed by atoms with Crippen molar-refractivity contribution in [3.63, 3.8) is 0 Å². The van der Waals surface area contributed by atoms with Crippen molar-refractivity contribution in [1.82, 2.24) is 0 Å². The highest BCUT2D eigenvalue weighted by molar-refractivity contribution is 9.10. The van der Waals surface area contributed by atoms with Crippen LogP contribution in [-0.2, 0) is 0 Å². The summed E-state index contributed by atoms with van der Waals surface area (Å²) in [5.74, 6) is -1.13. The van der Waals surface area contributed by atoms with E-state index in [-0.39, 0.29) is 10.8 Å². The molecule has 0 spiro atoms. The van der Waals surface area contributed by atoms with Crippen molar-refractivity contribution in [3.05, 3.63) is 57.0 Å². The Hall–Kier alpha value is -1.33. The average molecular weight is 363 g/mol. The third-order valence-corrected chi connectivity index (χ3v) is 3.74. The molecule has 2 N–H and O–H groups in total. The minimum atomic E-state index is -0.528. The summed E-state index contributed by atoms with van der Waals surface area (Å²) in [5, 5.41) is 12.4. The predicted octanol–water partition coefficient (Wildman–Crippen LogP) is 5.26. The lowest BCUT2D eigenvalue weighted by atomic mass is 10.1. The summed E-state index contributed by atoms with van der Waals surface area (Å²) in [6.07, 6.45) is 0. The van der Waals surface area contributed by atoms with Crippen molar-refractivity contribution in [2.24, 2.45) is 0 Å². The molecule has 0 saturated heterocycles. The minimum Gasteiger partial charge on any atom is -0.508 e. The molecule has 1 unspecified atom stereocenters. The van der Waals surface area contributed by atoms with Crippen LogP contribution in [0, 0.1) is 11.6 Å². The van der Waals surface area contributed by atoms with E-state index >= 15 is 0 Å². The smallest absolute Gasteiger partial charge is 0.132 e. The largest absolute Gasteiger partial charge is 0.508 e.